The van der Waals surface area contributed by atoms with Gasteiger partial charge in [-0.05, 0) is 25.8 Å². The van der Waals surface area contributed by atoms with Gasteiger partial charge in [0.2, 0.25) is 5.91 Å². The number of hydrogen-bond acceptors (Lipinski definition) is 7. The van der Waals surface area contributed by atoms with Crippen molar-refractivity contribution in [3.05, 3.63) is 34.4 Å². The lowest BCUT2D eigenvalue weighted by Crippen LogP contribution is -2.40. The highest BCUT2D eigenvalue weighted by Crippen LogP contribution is 2.31. The number of nitro benzene ring substituents is 1. The minimum Gasteiger partial charge on any atom is -0.455 e. The molecular formula is C18H24N4O6. The molecule has 1 aromatic rings. The van der Waals surface area contributed by atoms with E-state index in [0.29, 0.717) is 38.2 Å². The number of esters is 1. The lowest BCUT2D eigenvalue weighted by atomic mass is 9.96. The van der Waals surface area contributed by atoms with Crippen molar-refractivity contribution in [1.82, 2.24) is 10.6 Å². The number of likely N-dealkylation sites (N-methyl/N-ethyl adjacent to an activating group) is 1. The normalized spacial score (nSPS) is 14.2. The Morgan fingerprint density at radius 2 is 1.86 bits per heavy atom. The number of carbonyl (C=O) groups is 3. The molecule has 152 valence electrons. The van der Waals surface area contributed by atoms with E-state index in [4.69, 9.17) is 4.74 Å². The Balaban J connectivity index is 1.77. The number of benzene rings is 1. The van der Waals surface area contributed by atoms with Crippen LogP contribution in [0.25, 0.3) is 0 Å². The summed E-state index contributed by atoms with van der Waals surface area (Å²) in [6, 6.07) is 6.50. The zero-order valence-corrected chi connectivity index (χ0v) is 15.7. The first kappa shape index (κ1) is 21.1. The number of hydrogen-bond donors (Lipinski definition) is 2. The summed E-state index contributed by atoms with van der Waals surface area (Å²) in [6.07, 6.45) is 0.955. The van der Waals surface area contributed by atoms with Crippen LogP contribution in [0.5, 0.6) is 0 Å². The first-order valence-corrected chi connectivity index (χ1v) is 9.10. The van der Waals surface area contributed by atoms with Gasteiger partial charge in [0.25, 0.3) is 11.6 Å². The summed E-state index contributed by atoms with van der Waals surface area (Å²) in [4.78, 5) is 47.7. The summed E-state index contributed by atoms with van der Waals surface area (Å²) in [6.45, 7) is 2.58. The quantitative estimate of drug-likeness (QED) is 0.376. The van der Waals surface area contributed by atoms with Crippen molar-refractivity contribution in [2.24, 2.45) is 5.92 Å². The molecule has 0 unspecified atom stereocenters. The van der Waals surface area contributed by atoms with E-state index < -0.39 is 23.4 Å². The second kappa shape index (κ2) is 10.2. The van der Waals surface area contributed by atoms with E-state index in [0.717, 1.165) is 0 Å². The van der Waals surface area contributed by atoms with Crippen LogP contribution < -0.4 is 15.5 Å². The summed E-state index contributed by atoms with van der Waals surface area (Å²) >= 11 is 0. The van der Waals surface area contributed by atoms with Gasteiger partial charge in [-0.3, -0.25) is 24.5 Å². The number of amides is 2. The molecule has 0 radical (unpaired) electrons. The summed E-state index contributed by atoms with van der Waals surface area (Å²) in [5.74, 6) is -1.70. The maximum atomic E-state index is 12.2. The second-order valence-electron chi connectivity index (χ2n) is 6.35. The highest BCUT2D eigenvalue weighted by molar-refractivity contribution is 5.86. The monoisotopic (exact) mass is 392 g/mol. The molecule has 0 bridgehead atoms. The van der Waals surface area contributed by atoms with Crippen LogP contribution in [-0.2, 0) is 19.1 Å². The molecule has 2 rings (SSSR count). The van der Waals surface area contributed by atoms with Crippen molar-refractivity contribution in [3.63, 3.8) is 0 Å². The lowest BCUT2D eigenvalue weighted by Gasteiger charge is -2.32. The molecule has 28 heavy (non-hydrogen) atoms. The molecule has 1 saturated heterocycles. The van der Waals surface area contributed by atoms with Crippen molar-refractivity contribution in [1.29, 1.82) is 0 Å². The number of para-hydroxylation sites is 2. The molecule has 2 amide bonds. The molecule has 0 saturated carbocycles. The molecule has 1 fully saturated rings. The van der Waals surface area contributed by atoms with Crippen molar-refractivity contribution >= 4 is 29.2 Å². The van der Waals surface area contributed by atoms with E-state index in [1.165, 1.54) is 6.07 Å². The molecule has 0 aromatic heterocycles. The van der Waals surface area contributed by atoms with E-state index in [2.05, 4.69) is 10.6 Å². The summed E-state index contributed by atoms with van der Waals surface area (Å²) in [5, 5.41) is 16.1. The SMILES string of the molecule is CCNC(=O)CNC(=O)COC(=O)C1CCN(c2ccccc2[N+](=O)[O-])CC1. The van der Waals surface area contributed by atoms with Crippen LogP contribution >= 0.6 is 0 Å². The molecule has 1 aliphatic rings. The molecule has 10 nitrogen and oxygen atoms in total. The Morgan fingerprint density at radius 3 is 2.50 bits per heavy atom. The van der Waals surface area contributed by atoms with Crippen molar-refractivity contribution < 1.29 is 24.0 Å². The van der Waals surface area contributed by atoms with Crippen LogP contribution in [0.2, 0.25) is 0 Å². The van der Waals surface area contributed by atoms with Crippen molar-refractivity contribution in [3.8, 4) is 0 Å². The standard InChI is InChI=1S/C18H24N4O6/c1-2-19-16(23)11-20-17(24)12-28-18(25)13-7-9-21(10-8-13)14-5-3-4-6-15(14)22(26)27/h3-6,13H,2,7-12H2,1H3,(H,19,23)(H,20,24). The summed E-state index contributed by atoms with van der Waals surface area (Å²) < 4.78 is 5.03. The molecule has 0 atom stereocenters. The minimum atomic E-state index is -0.544. The first-order valence-electron chi connectivity index (χ1n) is 9.10. The van der Waals surface area contributed by atoms with Crippen molar-refractivity contribution in [2.75, 3.05) is 37.7 Å². The third kappa shape index (κ3) is 5.93. The molecule has 0 spiro atoms. The first-order chi connectivity index (χ1) is 13.4. The van der Waals surface area contributed by atoms with Gasteiger partial charge in [-0.25, -0.2) is 0 Å². The third-order valence-electron chi connectivity index (χ3n) is 4.41. The Bertz CT molecular complexity index is 731. The highest BCUT2D eigenvalue weighted by atomic mass is 16.6. The smallest absolute Gasteiger partial charge is 0.309 e. The second-order valence-corrected chi connectivity index (χ2v) is 6.35. The topological polar surface area (TPSA) is 131 Å². The molecule has 0 aliphatic carbocycles. The van der Waals surface area contributed by atoms with Gasteiger partial charge >= 0.3 is 5.97 Å². The zero-order chi connectivity index (χ0) is 20.5. The van der Waals surface area contributed by atoms with Crippen LogP contribution in [0.3, 0.4) is 0 Å². The number of rotatable bonds is 8. The Labute approximate surface area is 162 Å². The van der Waals surface area contributed by atoms with Gasteiger partial charge in [-0.15, -0.1) is 0 Å². The fourth-order valence-electron chi connectivity index (χ4n) is 2.99. The lowest BCUT2D eigenvalue weighted by molar-refractivity contribution is -0.384. The van der Waals surface area contributed by atoms with Gasteiger partial charge in [-0.1, -0.05) is 12.1 Å². The van der Waals surface area contributed by atoms with Gasteiger partial charge in [0.05, 0.1) is 17.4 Å². The maximum Gasteiger partial charge on any atom is 0.309 e. The number of carbonyl (C=O) groups excluding carboxylic acids is 3. The van der Waals surface area contributed by atoms with Crippen LogP contribution in [0.1, 0.15) is 19.8 Å². The predicted molar refractivity (Wildman–Crippen MR) is 101 cm³/mol. The maximum absolute atomic E-state index is 12.2. The van der Waals surface area contributed by atoms with Crippen molar-refractivity contribution in [2.45, 2.75) is 19.8 Å². The Hall–Kier alpha value is -3.17. The third-order valence-corrected chi connectivity index (χ3v) is 4.41. The van der Waals surface area contributed by atoms with E-state index in [-0.39, 0.29) is 24.1 Å². The Kier molecular flexibility index (Phi) is 7.73. The van der Waals surface area contributed by atoms with Gasteiger partial charge < -0.3 is 20.3 Å². The fourth-order valence-corrected chi connectivity index (χ4v) is 2.99. The molecule has 10 heteroatoms. The van der Waals surface area contributed by atoms with Crippen LogP contribution in [-0.4, -0.2) is 55.5 Å². The molecule has 2 N–H and O–H groups in total. The summed E-state index contributed by atoms with van der Waals surface area (Å²) in [5.41, 5.74) is 0.566. The van der Waals surface area contributed by atoms with Crippen LogP contribution in [0.15, 0.2) is 24.3 Å². The van der Waals surface area contributed by atoms with Gasteiger partial charge in [0.15, 0.2) is 6.61 Å². The van der Waals surface area contributed by atoms with Crippen LogP contribution in [0.4, 0.5) is 11.4 Å². The Morgan fingerprint density at radius 1 is 1.18 bits per heavy atom. The van der Waals surface area contributed by atoms with E-state index >= 15 is 0 Å². The number of ether oxygens (including phenoxy) is 1. The fraction of sp³-hybridized carbons (Fsp3) is 0.500. The average Bonchev–Trinajstić information content (AvgIpc) is 2.70. The average molecular weight is 392 g/mol. The number of nitrogens with zero attached hydrogens (tertiary/aromatic N) is 2. The van der Waals surface area contributed by atoms with Gasteiger partial charge in [0, 0.05) is 25.7 Å². The van der Waals surface area contributed by atoms with E-state index in [9.17, 15) is 24.5 Å². The molecular weight excluding hydrogens is 368 g/mol. The molecule has 1 aromatic carbocycles. The molecule has 1 heterocycles. The van der Waals surface area contributed by atoms with Gasteiger partial charge in [0.1, 0.15) is 5.69 Å². The number of piperidine rings is 1. The zero-order valence-electron chi connectivity index (χ0n) is 15.7. The van der Waals surface area contributed by atoms with E-state index in [1.54, 1.807) is 25.1 Å². The van der Waals surface area contributed by atoms with E-state index in [1.807, 2.05) is 4.90 Å². The largest absolute Gasteiger partial charge is 0.455 e. The number of anilines is 1. The van der Waals surface area contributed by atoms with Crippen LogP contribution in [0, 0.1) is 16.0 Å². The summed E-state index contributed by atoms with van der Waals surface area (Å²) in [7, 11) is 0. The molecule has 1 aliphatic heterocycles. The number of nitrogens with one attached hydrogen (secondary N) is 2. The minimum absolute atomic E-state index is 0.0345. The number of nitro groups is 1. The predicted octanol–water partition coefficient (Wildman–Crippen LogP) is 0.607. The highest BCUT2D eigenvalue weighted by Gasteiger charge is 2.29. The van der Waals surface area contributed by atoms with Gasteiger partial charge in [-0.2, -0.15) is 0 Å².